The molecule has 1 saturated heterocycles. The molecule has 0 atom stereocenters. The van der Waals surface area contributed by atoms with Gasteiger partial charge in [0.15, 0.2) is 11.5 Å². The highest BCUT2D eigenvalue weighted by Crippen LogP contribution is 2.41. The van der Waals surface area contributed by atoms with E-state index in [0.29, 0.717) is 35.3 Å². The average molecular weight is 351 g/mol. The van der Waals surface area contributed by atoms with Crippen LogP contribution < -0.4 is 14.8 Å². The van der Waals surface area contributed by atoms with Crippen LogP contribution in [0.15, 0.2) is 12.1 Å². The first-order valence-corrected chi connectivity index (χ1v) is 8.58. The number of urea groups is 1. The van der Waals surface area contributed by atoms with Gasteiger partial charge in [0.05, 0.1) is 11.6 Å². The van der Waals surface area contributed by atoms with E-state index in [2.05, 4.69) is 12.2 Å². The van der Waals surface area contributed by atoms with Gasteiger partial charge in [0.2, 0.25) is 6.79 Å². The molecule has 1 saturated carbocycles. The van der Waals surface area contributed by atoms with Gasteiger partial charge in [-0.15, -0.1) is 0 Å². The molecule has 1 N–H and O–H groups in total. The molecule has 128 valence electrons. The number of nitrogens with one attached hydrogen (secondary N) is 1. The topological polar surface area (TPSA) is 67.9 Å². The number of hydrogen-bond donors (Lipinski definition) is 1. The Balaban J connectivity index is 1.56. The number of amides is 3. The summed E-state index contributed by atoms with van der Waals surface area (Å²) in [5, 5.41) is 3.35. The van der Waals surface area contributed by atoms with Crippen molar-refractivity contribution in [3.05, 3.63) is 22.7 Å². The minimum atomic E-state index is -0.719. The van der Waals surface area contributed by atoms with E-state index in [-0.39, 0.29) is 25.3 Å². The van der Waals surface area contributed by atoms with Crippen LogP contribution in [-0.4, -0.2) is 29.2 Å². The summed E-state index contributed by atoms with van der Waals surface area (Å²) in [6.07, 6.45) is 3.32. The van der Waals surface area contributed by atoms with Gasteiger partial charge in [-0.05, 0) is 49.3 Å². The Labute approximate surface area is 145 Å². The second kappa shape index (κ2) is 5.55. The van der Waals surface area contributed by atoms with Crippen molar-refractivity contribution in [3.63, 3.8) is 0 Å². The fourth-order valence-corrected chi connectivity index (χ4v) is 4.00. The average Bonchev–Trinajstić information content (AvgIpc) is 3.10. The summed E-state index contributed by atoms with van der Waals surface area (Å²) >= 11 is 6.18. The minimum Gasteiger partial charge on any atom is -0.454 e. The molecule has 2 aliphatic heterocycles. The van der Waals surface area contributed by atoms with E-state index in [9.17, 15) is 9.59 Å². The number of carbonyl (C=O) groups is 2. The lowest BCUT2D eigenvalue weighted by atomic mass is 9.77. The number of nitrogens with zero attached hydrogens (tertiary/aromatic N) is 1. The third-order valence-corrected chi connectivity index (χ3v) is 5.48. The zero-order chi connectivity index (χ0) is 16.9. The molecule has 4 rings (SSSR count). The summed E-state index contributed by atoms with van der Waals surface area (Å²) < 4.78 is 10.6. The van der Waals surface area contributed by atoms with E-state index in [1.165, 1.54) is 4.90 Å². The lowest BCUT2D eigenvalue weighted by molar-refractivity contribution is -0.133. The van der Waals surface area contributed by atoms with E-state index in [1.54, 1.807) is 12.1 Å². The zero-order valence-corrected chi connectivity index (χ0v) is 14.2. The van der Waals surface area contributed by atoms with Crippen molar-refractivity contribution in [2.24, 2.45) is 5.92 Å². The quantitative estimate of drug-likeness (QED) is 0.832. The van der Waals surface area contributed by atoms with Crippen molar-refractivity contribution < 1.29 is 19.1 Å². The van der Waals surface area contributed by atoms with Crippen LogP contribution in [0.25, 0.3) is 0 Å². The smallest absolute Gasteiger partial charge is 0.325 e. The van der Waals surface area contributed by atoms with Crippen LogP contribution >= 0.6 is 11.6 Å². The molecule has 0 unspecified atom stereocenters. The predicted octanol–water partition coefficient (Wildman–Crippen LogP) is 3.07. The number of fused-ring (bicyclic) bond motifs is 1. The van der Waals surface area contributed by atoms with Crippen molar-refractivity contribution in [2.45, 2.75) is 44.7 Å². The summed E-state index contributed by atoms with van der Waals surface area (Å²) in [5.74, 6) is 1.52. The highest BCUT2D eigenvalue weighted by molar-refractivity contribution is 6.32. The first-order chi connectivity index (χ1) is 11.5. The molecular formula is C17H19ClN2O4. The lowest BCUT2D eigenvalue weighted by Crippen LogP contribution is -2.49. The van der Waals surface area contributed by atoms with E-state index >= 15 is 0 Å². The molecule has 24 heavy (non-hydrogen) atoms. The van der Waals surface area contributed by atoms with E-state index < -0.39 is 5.54 Å². The van der Waals surface area contributed by atoms with E-state index in [1.807, 2.05) is 0 Å². The van der Waals surface area contributed by atoms with Gasteiger partial charge < -0.3 is 14.8 Å². The molecule has 1 spiro atoms. The normalized spacial score (nSPS) is 28.6. The summed E-state index contributed by atoms with van der Waals surface area (Å²) in [4.78, 5) is 26.5. The second-order valence-electron chi connectivity index (χ2n) is 6.90. The third kappa shape index (κ3) is 2.40. The maximum Gasteiger partial charge on any atom is 0.325 e. The van der Waals surface area contributed by atoms with Crippen molar-refractivity contribution in [3.8, 4) is 11.5 Å². The molecule has 1 aliphatic carbocycles. The van der Waals surface area contributed by atoms with Crippen molar-refractivity contribution in [2.75, 3.05) is 6.79 Å². The molecule has 3 amide bonds. The number of ether oxygens (including phenoxy) is 2. The van der Waals surface area contributed by atoms with Crippen LogP contribution in [0.4, 0.5) is 4.79 Å². The fourth-order valence-electron chi connectivity index (χ4n) is 3.71. The Hall–Kier alpha value is -1.95. The van der Waals surface area contributed by atoms with Gasteiger partial charge in [-0.1, -0.05) is 18.5 Å². The highest BCUT2D eigenvalue weighted by Gasteiger charge is 2.51. The van der Waals surface area contributed by atoms with Crippen LogP contribution in [0, 0.1) is 5.92 Å². The molecular weight excluding hydrogens is 332 g/mol. The number of imide groups is 1. The van der Waals surface area contributed by atoms with Gasteiger partial charge in [-0.25, -0.2) is 4.79 Å². The van der Waals surface area contributed by atoms with Crippen LogP contribution in [-0.2, 0) is 11.3 Å². The predicted molar refractivity (Wildman–Crippen MR) is 87.0 cm³/mol. The number of benzene rings is 1. The monoisotopic (exact) mass is 350 g/mol. The molecule has 3 aliphatic rings. The second-order valence-corrected chi connectivity index (χ2v) is 7.30. The third-order valence-electron chi connectivity index (χ3n) is 5.20. The van der Waals surface area contributed by atoms with Gasteiger partial charge >= 0.3 is 6.03 Å². The number of hydrogen-bond acceptors (Lipinski definition) is 4. The Kier molecular flexibility index (Phi) is 3.60. The van der Waals surface area contributed by atoms with Crippen LogP contribution in [0.5, 0.6) is 11.5 Å². The molecule has 0 bridgehead atoms. The molecule has 0 radical (unpaired) electrons. The van der Waals surface area contributed by atoms with Gasteiger partial charge in [-0.3, -0.25) is 9.69 Å². The molecule has 7 heteroatoms. The molecule has 1 aromatic carbocycles. The first kappa shape index (κ1) is 15.6. The zero-order valence-electron chi connectivity index (χ0n) is 13.4. The van der Waals surface area contributed by atoms with E-state index in [0.717, 1.165) is 18.4 Å². The summed E-state index contributed by atoms with van der Waals surface area (Å²) in [6, 6.07) is 3.15. The lowest BCUT2D eigenvalue weighted by Gasteiger charge is -2.33. The van der Waals surface area contributed by atoms with Crippen molar-refractivity contribution in [1.29, 1.82) is 0 Å². The minimum absolute atomic E-state index is 0.128. The molecule has 2 heterocycles. The van der Waals surface area contributed by atoms with Gasteiger partial charge in [0.1, 0.15) is 5.54 Å². The Morgan fingerprint density at radius 3 is 2.79 bits per heavy atom. The van der Waals surface area contributed by atoms with E-state index in [4.69, 9.17) is 21.1 Å². The van der Waals surface area contributed by atoms with Gasteiger partial charge in [0.25, 0.3) is 5.91 Å². The SMILES string of the molecule is CC1CCC2(CC1)NC(=O)N(Cc1cc(Cl)c3c(c1)OCO3)C2=O. The highest BCUT2D eigenvalue weighted by atomic mass is 35.5. The Morgan fingerprint density at radius 2 is 2.04 bits per heavy atom. The van der Waals surface area contributed by atoms with Crippen LogP contribution in [0.3, 0.4) is 0 Å². The maximum atomic E-state index is 12.9. The van der Waals surface area contributed by atoms with Crippen molar-refractivity contribution in [1.82, 2.24) is 10.2 Å². The summed E-state index contributed by atoms with van der Waals surface area (Å²) in [5.41, 5.74) is 0.0259. The van der Waals surface area contributed by atoms with Gasteiger partial charge in [-0.2, -0.15) is 0 Å². The largest absolute Gasteiger partial charge is 0.454 e. The number of rotatable bonds is 2. The maximum absolute atomic E-state index is 12.9. The van der Waals surface area contributed by atoms with Crippen molar-refractivity contribution >= 4 is 23.5 Å². The summed E-state index contributed by atoms with van der Waals surface area (Å²) in [6.45, 7) is 2.49. The fraction of sp³-hybridized carbons (Fsp3) is 0.529. The first-order valence-electron chi connectivity index (χ1n) is 8.21. The number of carbonyl (C=O) groups excluding carboxylic acids is 2. The Bertz CT molecular complexity index is 713. The number of halogens is 1. The standard InChI is InChI=1S/C17H19ClN2O4/c1-10-2-4-17(5-3-10)15(21)20(16(22)19-17)8-11-6-12(18)14-13(7-11)23-9-24-14/h6-7,10H,2-5,8-9H2,1H3,(H,19,22). The Morgan fingerprint density at radius 1 is 1.29 bits per heavy atom. The molecule has 2 fully saturated rings. The molecule has 1 aromatic rings. The van der Waals surface area contributed by atoms with Crippen LogP contribution in [0.2, 0.25) is 5.02 Å². The molecule has 0 aromatic heterocycles. The molecule has 6 nitrogen and oxygen atoms in total. The summed E-state index contributed by atoms with van der Waals surface area (Å²) in [7, 11) is 0. The van der Waals surface area contributed by atoms with Crippen LogP contribution in [0.1, 0.15) is 38.2 Å². The van der Waals surface area contributed by atoms with Gasteiger partial charge in [0, 0.05) is 0 Å².